The highest BCUT2D eigenvalue weighted by Gasteiger charge is 2.10. The molecule has 0 aliphatic heterocycles. The number of nitrogens with two attached hydrogens (primary N) is 1. The SMILES string of the molecule is CCCn1ccnc(Oc2ccc(N)cc2F)c1=O. The van der Waals surface area contributed by atoms with Crippen LogP contribution >= 0.6 is 0 Å². The van der Waals surface area contributed by atoms with Crippen LogP contribution in [-0.4, -0.2) is 9.55 Å². The minimum Gasteiger partial charge on any atom is -0.431 e. The Bertz CT molecular complexity index is 640. The Morgan fingerprint density at radius 1 is 1.47 bits per heavy atom. The van der Waals surface area contributed by atoms with E-state index in [9.17, 15) is 9.18 Å². The van der Waals surface area contributed by atoms with Gasteiger partial charge in [-0.05, 0) is 18.6 Å². The number of benzene rings is 1. The highest BCUT2D eigenvalue weighted by molar-refractivity contribution is 5.43. The van der Waals surface area contributed by atoms with E-state index in [1.807, 2.05) is 6.92 Å². The van der Waals surface area contributed by atoms with Crippen molar-refractivity contribution in [2.24, 2.45) is 0 Å². The zero-order valence-electron chi connectivity index (χ0n) is 10.5. The van der Waals surface area contributed by atoms with Gasteiger partial charge in [-0.15, -0.1) is 0 Å². The number of ether oxygens (including phenoxy) is 1. The number of halogens is 1. The zero-order chi connectivity index (χ0) is 13.8. The molecule has 0 saturated carbocycles. The van der Waals surface area contributed by atoms with Crippen molar-refractivity contribution < 1.29 is 9.13 Å². The Hall–Kier alpha value is -2.37. The fourth-order valence-electron chi connectivity index (χ4n) is 1.62. The molecule has 19 heavy (non-hydrogen) atoms. The Morgan fingerprint density at radius 2 is 2.26 bits per heavy atom. The average Bonchev–Trinajstić information content (AvgIpc) is 2.37. The molecule has 0 bridgehead atoms. The number of hydrogen-bond donors (Lipinski definition) is 1. The first kappa shape index (κ1) is 13.1. The summed E-state index contributed by atoms with van der Waals surface area (Å²) < 4.78 is 20.3. The minimum atomic E-state index is -0.632. The smallest absolute Gasteiger partial charge is 0.313 e. The Kier molecular flexibility index (Phi) is 3.79. The van der Waals surface area contributed by atoms with E-state index in [0.717, 1.165) is 12.5 Å². The Labute approximate surface area is 109 Å². The van der Waals surface area contributed by atoms with E-state index < -0.39 is 5.82 Å². The quantitative estimate of drug-likeness (QED) is 0.858. The fourth-order valence-corrected chi connectivity index (χ4v) is 1.62. The van der Waals surface area contributed by atoms with E-state index in [-0.39, 0.29) is 22.9 Å². The molecule has 0 aliphatic rings. The van der Waals surface area contributed by atoms with E-state index in [4.69, 9.17) is 10.5 Å². The van der Waals surface area contributed by atoms with Gasteiger partial charge in [-0.2, -0.15) is 0 Å². The van der Waals surface area contributed by atoms with Gasteiger partial charge >= 0.3 is 5.56 Å². The number of hydrogen-bond acceptors (Lipinski definition) is 4. The van der Waals surface area contributed by atoms with Crippen LogP contribution in [0.3, 0.4) is 0 Å². The minimum absolute atomic E-state index is 0.0759. The molecule has 6 heteroatoms. The maximum Gasteiger partial charge on any atom is 0.313 e. The van der Waals surface area contributed by atoms with Gasteiger partial charge in [-0.1, -0.05) is 6.92 Å². The summed E-state index contributed by atoms with van der Waals surface area (Å²) in [5.74, 6) is -0.861. The lowest BCUT2D eigenvalue weighted by Gasteiger charge is -2.08. The Balaban J connectivity index is 2.33. The summed E-state index contributed by atoms with van der Waals surface area (Å²) in [4.78, 5) is 15.8. The number of aromatic nitrogens is 2. The molecule has 0 amide bonds. The summed E-state index contributed by atoms with van der Waals surface area (Å²) in [6.45, 7) is 2.51. The van der Waals surface area contributed by atoms with Gasteiger partial charge in [0.05, 0.1) is 0 Å². The third-order valence-electron chi connectivity index (χ3n) is 2.51. The molecule has 5 nitrogen and oxygen atoms in total. The maximum absolute atomic E-state index is 13.6. The third kappa shape index (κ3) is 2.90. The van der Waals surface area contributed by atoms with Crippen LogP contribution in [0.1, 0.15) is 13.3 Å². The summed E-state index contributed by atoms with van der Waals surface area (Å²) in [7, 11) is 0. The molecule has 1 heterocycles. The van der Waals surface area contributed by atoms with Crippen LogP contribution in [0.4, 0.5) is 10.1 Å². The first-order valence-corrected chi connectivity index (χ1v) is 5.90. The molecule has 2 N–H and O–H groups in total. The number of nitrogens with zero attached hydrogens (tertiary/aromatic N) is 2. The van der Waals surface area contributed by atoms with Gasteiger partial charge in [0.1, 0.15) is 0 Å². The summed E-state index contributed by atoms with van der Waals surface area (Å²) in [6.07, 6.45) is 3.82. The second-order valence-electron chi connectivity index (χ2n) is 4.02. The number of aryl methyl sites for hydroxylation is 1. The predicted molar refractivity (Wildman–Crippen MR) is 69.7 cm³/mol. The molecule has 0 radical (unpaired) electrons. The van der Waals surface area contributed by atoms with Crippen molar-refractivity contribution in [2.75, 3.05) is 5.73 Å². The van der Waals surface area contributed by atoms with Crippen molar-refractivity contribution in [3.05, 3.63) is 46.8 Å². The van der Waals surface area contributed by atoms with Gasteiger partial charge in [0.15, 0.2) is 11.6 Å². The number of nitrogen functional groups attached to an aromatic ring is 1. The van der Waals surface area contributed by atoms with E-state index in [2.05, 4.69) is 4.98 Å². The zero-order valence-corrected chi connectivity index (χ0v) is 10.5. The van der Waals surface area contributed by atoms with Crippen LogP contribution in [0.15, 0.2) is 35.4 Å². The number of rotatable bonds is 4. The lowest BCUT2D eigenvalue weighted by atomic mass is 10.3. The fraction of sp³-hybridized carbons (Fsp3) is 0.231. The van der Waals surface area contributed by atoms with E-state index in [0.29, 0.717) is 6.54 Å². The van der Waals surface area contributed by atoms with E-state index >= 15 is 0 Å². The van der Waals surface area contributed by atoms with Gasteiger partial charge in [0.2, 0.25) is 0 Å². The molecule has 0 fully saturated rings. The van der Waals surface area contributed by atoms with Crippen LogP contribution in [0.5, 0.6) is 11.6 Å². The van der Waals surface area contributed by atoms with E-state index in [1.54, 1.807) is 6.20 Å². The first-order chi connectivity index (χ1) is 9.11. The van der Waals surface area contributed by atoms with Crippen molar-refractivity contribution in [3.8, 4) is 11.6 Å². The molecule has 0 atom stereocenters. The molecular weight excluding hydrogens is 249 g/mol. The van der Waals surface area contributed by atoms with Crippen molar-refractivity contribution in [1.29, 1.82) is 0 Å². The van der Waals surface area contributed by atoms with Gasteiger partial charge in [0, 0.05) is 30.7 Å². The van der Waals surface area contributed by atoms with Crippen molar-refractivity contribution in [3.63, 3.8) is 0 Å². The second kappa shape index (κ2) is 5.51. The van der Waals surface area contributed by atoms with Crippen LogP contribution < -0.4 is 16.0 Å². The van der Waals surface area contributed by atoms with E-state index in [1.165, 1.54) is 22.9 Å². The largest absolute Gasteiger partial charge is 0.431 e. The summed E-state index contributed by atoms with van der Waals surface area (Å²) >= 11 is 0. The monoisotopic (exact) mass is 263 g/mol. The lowest BCUT2D eigenvalue weighted by Crippen LogP contribution is -2.21. The molecule has 0 unspecified atom stereocenters. The van der Waals surface area contributed by atoms with Crippen LogP contribution in [0.2, 0.25) is 0 Å². The normalized spacial score (nSPS) is 10.4. The van der Waals surface area contributed by atoms with Crippen molar-refractivity contribution in [1.82, 2.24) is 9.55 Å². The van der Waals surface area contributed by atoms with Gasteiger partial charge < -0.3 is 15.0 Å². The summed E-state index contributed by atoms with van der Waals surface area (Å²) in [6, 6.07) is 3.98. The summed E-state index contributed by atoms with van der Waals surface area (Å²) in [5, 5.41) is 0. The second-order valence-corrected chi connectivity index (χ2v) is 4.02. The van der Waals surface area contributed by atoms with Crippen molar-refractivity contribution in [2.45, 2.75) is 19.9 Å². The number of anilines is 1. The molecule has 1 aromatic heterocycles. The molecule has 1 aromatic carbocycles. The molecule has 0 saturated heterocycles. The van der Waals surface area contributed by atoms with Gasteiger partial charge in [-0.25, -0.2) is 9.37 Å². The highest BCUT2D eigenvalue weighted by atomic mass is 19.1. The van der Waals surface area contributed by atoms with Crippen molar-refractivity contribution >= 4 is 5.69 Å². The average molecular weight is 263 g/mol. The molecule has 2 aromatic rings. The van der Waals surface area contributed by atoms with Gasteiger partial charge in [-0.3, -0.25) is 4.79 Å². The maximum atomic E-state index is 13.6. The van der Waals surface area contributed by atoms with Crippen LogP contribution in [-0.2, 0) is 6.54 Å². The highest BCUT2D eigenvalue weighted by Crippen LogP contribution is 2.22. The molecule has 0 spiro atoms. The Morgan fingerprint density at radius 3 is 2.95 bits per heavy atom. The molecular formula is C13H14FN3O2. The topological polar surface area (TPSA) is 70.1 Å². The molecule has 2 rings (SSSR count). The van der Waals surface area contributed by atoms with Crippen LogP contribution in [0, 0.1) is 5.82 Å². The van der Waals surface area contributed by atoms with Crippen LogP contribution in [0.25, 0.3) is 0 Å². The predicted octanol–water partition coefficient (Wildman–Crippen LogP) is 2.17. The van der Waals surface area contributed by atoms with Gasteiger partial charge in [0.25, 0.3) is 5.88 Å². The lowest BCUT2D eigenvalue weighted by molar-refractivity contribution is 0.414. The standard InChI is InChI=1S/C13H14FN3O2/c1-2-6-17-7-5-16-12(13(17)18)19-11-4-3-9(15)8-10(11)14/h3-5,7-8H,2,6,15H2,1H3. The summed E-state index contributed by atoms with van der Waals surface area (Å²) in [5.41, 5.74) is 5.34. The first-order valence-electron chi connectivity index (χ1n) is 5.90. The third-order valence-corrected chi connectivity index (χ3v) is 2.51. The molecule has 0 aliphatic carbocycles. The molecule has 100 valence electrons.